The molecule has 0 aromatic heterocycles. The van der Waals surface area contributed by atoms with Crippen molar-refractivity contribution in [2.45, 2.75) is 52.6 Å². The molecule has 5 heteroatoms. The number of esters is 1. The lowest BCUT2D eigenvalue weighted by Crippen LogP contribution is -2.48. The molecule has 0 aliphatic carbocycles. The first-order valence-corrected chi connectivity index (χ1v) is 6.28. The summed E-state index contributed by atoms with van der Waals surface area (Å²) >= 11 is 0. The average Bonchev–Trinajstić information content (AvgIpc) is 2.22. The Morgan fingerprint density at radius 2 is 1.78 bits per heavy atom. The highest BCUT2D eigenvalue weighted by molar-refractivity contribution is 5.85. The van der Waals surface area contributed by atoms with Crippen molar-refractivity contribution in [2.75, 3.05) is 13.7 Å². The first-order chi connectivity index (χ1) is 8.15. The lowest BCUT2D eigenvalue weighted by atomic mass is 10.0. The van der Waals surface area contributed by atoms with Crippen LogP contribution in [0.5, 0.6) is 0 Å². The number of hydrogen-bond donors (Lipinski definition) is 2. The van der Waals surface area contributed by atoms with Gasteiger partial charge in [0.05, 0.1) is 13.7 Å². The van der Waals surface area contributed by atoms with Crippen LogP contribution in [0, 0.1) is 5.92 Å². The summed E-state index contributed by atoms with van der Waals surface area (Å²) < 4.78 is 4.69. The maximum atomic E-state index is 11.7. The number of hydrogen-bond acceptors (Lipinski definition) is 4. The van der Waals surface area contributed by atoms with Gasteiger partial charge in [-0.15, -0.1) is 0 Å². The highest BCUT2D eigenvalue weighted by atomic mass is 16.5. The van der Waals surface area contributed by atoms with Crippen LogP contribution in [0.2, 0.25) is 0 Å². The van der Waals surface area contributed by atoms with Gasteiger partial charge >= 0.3 is 5.97 Å². The molecule has 0 aromatic rings. The molecular weight excluding hydrogens is 232 g/mol. The Bertz CT molecular complexity index is 282. The Morgan fingerprint density at radius 1 is 1.22 bits per heavy atom. The van der Waals surface area contributed by atoms with Crippen molar-refractivity contribution >= 4 is 11.9 Å². The molecule has 1 amide bonds. The van der Waals surface area contributed by atoms with E-state index in [-0.39, 0.29) is 18.0 Å². The molecule has 5 nitrogen and oxygen atoms in total. The van der Waals surface area contributed by atoms with Gasteiger partial charge in [-0.2, -0.15) is 0 Å². The summed E-state index contributed by atoms with van der Waals surface area (Å²) in [7, 11) is 1.33. The second-order valence-corrected chi connectivity index (χ2v) is 5.88. The Labute approximate surface area is 110 Å². The van der Waals surface area contributed by atoms with Gasteiger partial charge in [0.2, 0.25) is 5.91 Å². The van der Waals surface area contributed by atoms with Crippen LogP contribution in [0.3, 0.4) is 0 Å². The zero-order chi connectivity index (χ0) is 14.3. The van der Waals surface area contributed by atoms with Crippen molar-refractivity contribution in [3.8, 4) is 0 Å². The van der Waals surface area contributed by atoms with E-state index in [1.54, 1.807) is 0 Å². The van der Waals surface area contributed by atoms with E-state index in [9.17, 15) is 9.59 Å². The van der Waals surface area contributed by atoms with E-state index in [1.165, 1.54) is 7.11 Å². The molecular formula is C13H26N2O3. The van der Waals surface area contributed by atoms with Crippen LogP contribution >= 0.6 is 0 Å². The van der Waals surface area contributed by atoms with Crippen molar-refractivity contribution < 1.29 is 14.3 Å². The molecule has 0 fully saturated rings. The molecule has 0 heterocycles. The molecule has 0 aliphatic heterocycles. The van der Waals surface area contributed by atoms with E-state index in [1.807, 2.05) is 34.6 Å². The third-order valence-corrected chi connectivity index (χ3v) is 2.31. The quantitative estimate of drug-likeness (QED) is 0.700. The van der Waals surface area contributed by atoms with Crippen molar-refractivity contribution in [1.29, 1.82) is 0 Å². The van der Waals surface area contributed by atoms with E-state index in [0.29, 0.717) is 12.3 Å². The number of nitrogens with one attached hydrogen (secondary N) is 2. The van der Waals surface area contributed by atoms with Crippen LogP contribution in [-0.4, -0.2) is 37.1 Å². The number of carbonyl (C=O) groups excluding carboxylic acids is 2. The van der Waals surface area contributed by atoms with E-state index >= 15 is 0 Å². The highest BCUT2D eigenvalue weighted by Gasteiger charge is 2.22. The molecule has 0 saturated carbocycles. The minimum absolute atomic E-state index is 0.129. The number of rotatable bonds is 6. The summed E-state index contributed by atoms with van der Waals surface area (Å²) in [5.74, 6) is -0.279. The molecule has 0 unspecified atom stereocenters. The molecule has 106 valence electrons. The number of methoxy groups -OCH3 is 1. The molecule has 18 heavy (non-hydrogen) atoms. The van der Waals surface area contributed by atoms with Crippen molar-refractivity contribution in [2.24, 2.45) is 5.92 Å². The Hall–Kier alpha value is -1.10. The third-order valence-electron chi connectivity index (χ3n) is 2.31. The van der Waals surface area contributed by atoms with Gasteiger partial charge in [-0.05, 0) is 33.1 Å². The van der Waals surface area contributed by atoms with Gasteiger partial charge in [0.15, 0.2) is 0 Å². The van der Waals surface area contributed by atoms with Crippen molar-refractivity contribution in [3.63, 3.8) is 0 Å². The van der Waals surface area contributed by atoms with Gasteiger partial charge in [-0.25, -0.2) is 4.79 Å². The SMILES string of the molecule is COC(=O)[C@H](CC(C)C)NC(=O)CNC(C)(C)C. The molecule has 0 spiro atoms. The van der Waals surface area contributed by atoms with E-state index < -0.39 is 12.0 Å². The smallest absolute Gasteiger partial charge is 0.328 e. The normalized spacial score (nSPS) is 13.3. The third kappa shape index (κ3) is 8.06. The second kappa shape index (κ2) is 7.36. The Morgan fingerprint density at radius 3 is 2.17 bits per heavy atom. The minimum Gasteiger partial charge on any atom is -0.467 e. The zero-order valence-corrected chi connectivity index (χ0v) is 12.3. The lowest BCUT2D eigenvalue weighted by molar-refractivity contribution is -0.145. The number of carbonyl (C=O) groups is 2. The maximum absolute atomic E-state index is 11.7. The maximum Gasteiger partial charge on any atom is 0.328 e. The number of ether oxygens (including phenoxy) is 1. The summed E-state index contributed by atoms with van der Waals surface area (Å²) in [6.45, 7) is 10.1. The summed E-state index contributed by atoms with van der Waals surface area (Å²) in [6.07, 6.45) is 0.577. The van der Waals surface area contributed by atoms with Crippen LogP contribution in [0.4, 0.5) is 0 Å². The highest BCUT2D eigenvalue weighted by Crippen LogP contribution is 2.06. The summed E-state index contributed by atoms with van der Waals surface area (Å²) in [4.78, 5) is 23.2. The van der Waals surface area contributed by atoms with Gasteiger partial charge in [0.25, 0.3) is 0 Å². The predicted molar refractivity (Wildman–Crippen MR) is 71.2 cm³/mol. The topological polar surface area (TPSA) is 67.4 Å². The van der Waals surface area contributed by atoms with Crippen LogP contribution in [-0.2, 0) is 14.3 Å². The Kier molecular flexibility index (Phi) is 6.91. The van der Waals surface area contributed by atoms with Gasteiger partial charge in [-0.1, -0.05) is 13.8 Å². The fourth-order valence-corrected chi connectivity index (χ4v) is 1.42. The van der Waals surface area contributed by atoms with Gasteiger partial charge in [0, 0.05) is 5.54 Å². The molecule has 2 N–H and O–H groups in total. The largest absolute Gasteiger partial charge is 0.467 e. The van der Waals surface area contributed by atoms with Crippen LogP contribution in [0.1, 0.15) is 41.0 Å². The summed E-state index contributed by atoms with van der Waals surface area (Å²) in [5.41, 5.74) is -0.129. The molecule has 0 saturated heterocycles. The predicted octanol–water partition coefficient (Wildman–Crippen LogP) is 1.08. The molecule has 0 aliphatic rings. The van der Waals surface area contributed by atoms with Crippen LogP contribution < -0.4 is 10.6 Å². The summed E-state index contributed by atoms with van der Waals surface area (Å²) in [6, 6.07) is -0.565. The Balaban J connectivity index is 4.31. The number of amides is 1. The molecule has 1 atom stereocenters. The summed E-state index contributed by atoms with van der Waals surface area (Å²) in [5, 5.41) is 5.77. The minimum atomic E-state index is -0.565. The standard InChI is InChI=1S/C13H26N2O3/c1-9(2)7-10(12(17)18-6)15-11(16)8-14-13(3,4)5/h9-10,14H,7-8H2,1-6H3,(H,15,16)/t10-/m0/s1. The monoisotopic (exact) mass is 258 g/mol. The van der Waals surface area contributed by atoms with Gasteiger partial charge in [-0.3, -0.25) is 4.79 Å². The van der Waals surface area contributed by atoms with Crippen molar-refractivity contribution in [3.05, 3.63) is 0 Å². The van der Waals surface area contributed by atoms with Crippen molar-refractivity contribution in [1.82, 2.24) is 10.6 Å². The van der Waals surface area contributed by atoms with Gasteiger partial charge in [0.1, 0.15) is 6.04 Å². The fourth-order valence-electron chi connectivity index (χ4n) is 1.42. The van der Waals surface area contributed by atoms with E-state index in [2.05, 4.69) is 15.4 Å². The molecule has 0 rings (SSSR count). The lowest BCUT2D eigenvalue weighted by Gasteiger charge is -2.22. The van der Waals surface area contributed by atoms with Gasteiger partial charge < -0.3 is 15.4 Å². The first-order valence-electron chi connectivity index (χ1n) is 6.28. The molecule has 0 radical (unpaired) electrons. The van der Waals surface area contributed by atoms with Crippen LogP contribution in [0.15, 0.2) is 0 Å². The zero-order valence-electron chi connectivity index (χ0n) is 12.3. The second-order valence-electron chi connectivity index (χ2n) is 5.88. The molecule has 0 bridgehead atoms. The van der Waals surface area contributed by atoms with E-state index in [4.69, 9.17) is 0 Å². The first kappa shape index (κ1) is 16.9. The molecule has 0 aromatic carbocycles. The van der Waals surface area contributed by atoms with E-state index in [0.717, 1.165) is 0 Å². The van der Waals surface area contributed by atoms with Crippen LogP contribution in [0.25, 0.3) is 0 Å². The average molecular weight is 258 g/mol. The fraction of sp³-hybridized carbons (Fsp3) is 0.846.